The van der Waals surface area contributed by atoms with Gasteiger partial charge in [-0.3, -0.25) is 4.79 Å². The maximum atomic E-state index is 12.8. The summed E-state index contributed by atoms with van der Waals surface area (Å²) in [6, 6.07) is 6.34. The minimum Gasteiger partial charge on any atom is -0.480 e. The zero-order valence-corrected chi connectivity index (χ0v) is 16.9. The number of aryl methyl sites for hydroxylation is 1. The Hall–Kier alpha value is -2.55. The van der Waals surface area contributed by atoms with Crippen molar-refractivity contribution in [2.24, 2.45) is 0 Å². The third kappa shape index (κ3) is 3.46. The fourth-order valence-electron chi connectivity index (χ4n) is 3.42. The second kappa shape index (κ2) is 7.83. The fourth-order valence-corrected chi connectivity index (χ4v) is 4.53. The summed E-state index contributed by atoms with van der Waals surface area (Å²) in [5.74, 6) is 0.886. The van der Waals surface area contributed by atoms with Crippen molar-refractivity contribution in [1.82, 2.24) is 20.6 Å². The highest BCUT2D eigenvalue weighted by molar-refractivity contribution is 7.20. The molecule has 0 spiro atoms. The quantitative estimate of drug-likeness (QED) is 0.664. The molecule has 3 aromatic rings. The van der Waals surface area contributed by atoms with E-state index >= 15 is 0 Å². The molecule has 0 unspecified atom stereocenters. The van der Waals surface area contributed by atoms with Gasteiger partial charge in [0.2, 0.25) is 5.88 Å². The number of nitrogens with one attached hydrogen (secondary N) is 2. The lowest BCUT2D eigenvalue weighted by atomic mass is 10.1. The van der Waals surface area contributed by atoms with Crippen LogP contribution in [0.15, 0.2) is 18.2 Å². The Morgan fingerprint density at radius 2 is 2.07 bits per heavy atom. The van der Waals surface area contributed by atoms with Gasteiger partial charge in [-0.1, -0.05) is 18.2 Å². The zero-order chi connectivity index (χ0) is 19.7. The molecule has 1 aliphatic rings. The van der Waals surface area contributed by atoms with Crippen LogP contribution in [0.3, 0.4) is 0 Å². The van der Waals surface area contributed by atoms with E-state index < -0.39 is 0 Å². The van der Waals surface area contributed by atoms with Gasteiger partial charge in [0.1, 0.15) is 11.4 Å². The highest BCUT2D eigenvalue weighted by Gasteiger charge is 2.21. The Morgan fingerprint density at radius 3 is 2.86 bits per heavy atom. The predicted octanol–water partition coefficient (Wildman–Crippen LogP) is 2.69. The maximum Gasteiger partial charge on any atom is 0.261 e. The molecule has 1 aromatic carbocycles. The molecule has 0 fully saturated rings. The Morgan fingerprint density at radius 1 is 1.25 bits per heavy atom. The number of carbonyl (C=O) groups excluding carboxylic acids is 1. The van der Waals surface area contributed by atoms with Crippen molar-refractivity contribution < 1.29 is 14.3 Å². The number of carbonyl (C=O) groups is 1. The lowest BCUT2D eigenvalue weighted by Gasteiger charge is -2.07. The van der Waals surface area contributed by atoms with E-state index in [1.165, 1.54) is 22.5 Å². The summed E-state index contributed by atoms with van der Waals surface area (Å²) in [4.78, 5) is 23.1. The SMILES string of the molecule is COCc1nc(OC)c2c(C)c(C(=O)NCc3ccc4c(c3)CNC4)sc2n1. The fraction of sp³-hybridized carbons (Fsp3) is 0.350. The van der Waals surface area contributed by atoms with E-state index in [4.69, 9.17) is 9.47 Å². The summed E-state index contributed by atoms with van der Waals surface area (Å²) >= 11 is 1.35. The number of hydrogen-bond acceptors (Lipinski definition) is 7. The van der Waals surface area contributed by atoms with Crippen LogP contribution in [0.5, 0.6) is 5.88 Å². The largest absolute Gasteiger partial charge is 0.480 e. The van der Waals surface area contributed by atoms with Crippen molar-refractivity contribution in [3.8, 4) is 5.88 Å². The van der Waals surface area contributed by atoms with Crippen LogP contribution in [0.25, 0.3) is 10.2 Å². The standard InChI is InChI=1S/C20H22N4O3S/c1-11-16-19(27-3)23-15(10-26-2)24-20(16)28-17(11)18(25)22-7-12-4-5-13-8-21-9-14(13)6-12/h4-6,21H,7-10H2,1-3H3,(H,22,25). The summed E-state index contributed by atoms with van der Waals surface area (Å²) in [6.45, 7) is 4.47. The van der Waals surface area contributed by atoms with Gasteiger partial charge in [-0.15, -0.1) is 11.3 Å². The van der Waals surface area contributed by atoms with Crippen LogP contribution in [0, 0.1) is 6.92 Å². The third-order valence-corrected chi connectivity index (χ3v) is 6.02. The first kappa shape index (κ1) is 18.8. The molecule has 1 amide bonds. The summed E-state index contributed by atoms with van der Waals surface area (Å²) in [5, 5.41) is 7.13. The first-order chi connectivity index (χ1) is 13.6. The van der Waals surface area contributed by atoms with E-state index in [9.17, 15) is 4.79 Å². The Labute approximate surface area is 167 Å². The van der Waals surface area contributed by atoms with Crippen LogP contribution < -0.4 is 15.4 Å². The number of fused-ring (bicyclic) bond motifs is 2. The highest BCUT2D eigenvalue weighted by Crippen LogP contribution is 2.35. The number of rotatable bonds is 6. The van der Waals surface area contributed by atoms with Gasteiger partial charge in [-0.2, -0.15) is 4.98 Å². The van der Waals surface area contributed by atoms with Gasteiger partial charge in [0.15, 0.2) is 5.82 Å². The number of ether oxygens (including phenoxy) is 2. The molecule has 0 bridgehead atoms. The molecule has 0 aliphatic carbocycles. The molecule has 0 saturated heterocycles. The van der Waals surface area contributed by atoms with Crippen LogP contribution in [0.2, 0.25) is 0 Å². The molecular formula is C20H22N4O3S. The molecular weight excluding hydrogens is 376 g/mol. The lowest BCUT2D eigenvalue weighted by Crippen LogP contribution is -2.22. The zero-order valence-electron chi connectivity index (χ0n) is 16.1. The van der Waals surface area contributed by atoms with E-state index in [-0.39, 0.29) is 12.5 Å². The average Bonchev–Trinajstić information content (AvgIpc) is 3.30. The number of benzene rings is 1. The molecule has 4 rings (SSSR count). The molecule has 0 radical (unpaired) electrons. The van der Waals surface area contributed by atoms with Crippen LogP contribution >= 0.6 is 11.3 Å². The Kier molecular flexibility index (Phi) is 5.25. The average molecular weight is 398 g/mol. The topological polar surface area (TPSA) is 85.4 Å². The molecule has 0 saturated carbocycles. The van der Waals surface area contributed by atoms with Crippen LogP contribution in [0.1, 0.15) is 37.7 Å². The number of thiophene rings is 1. The van der Waals surface area contributed by atoms with Gasteiger partial charge in [0, 0.05) is 26.7 Å². The van der Waals surface area contributed by atoms with Gasteiger partial charge < -0.3 is 20.1 Å². The smallest absolute Gasteiger partial charge is 0.261 e. The van der Waals surface area contributed by atoms with Gasteiger partial charge in [-0.25, -0.2) is 4.98 Å². The summed E-state index contributed by atoms with van der Waals surface area (Å²) in [7, 11) is 3.16. The number of aromatic nitrogens is 2. The molecule has 1 aliphatic heterocycles. The number of hydrogen-bond donors (Lipinski definition) is 2. The van der Waals surface area contributed by atoms with Crippen molar-refractivity contribution in [1.29, 1.82) is 0 Å². The summed E-state index contributed by atoms with van der Waals surface area (Å²) in [5.41, 5.74) is 4.55. The van der Waals surface area contributed by atoms with E-state index in [0.717, 1.165) is 34.4 Å². The molecule has 0 atom stereocenters. The van der Waals surface area contributed by atoms with Crippen molar-refractivity contribution in [2.75, 3.05) is 14.2 Å². The number of nitrogens with zero attached hydrogens (tertiary/aromatic N) is 2. The van der Waals surface area contributed by atoms with Gasteiger partial charge >= 0.3 is 0 Å². The minimum atomic E-state index is -0.116. The Balaban J connectivity index is 1.57. The normalized spacial score (nSPS) is 13.0. The number of methoxy groups -OCH3 is 2. The molecule has 28 heavy (non-hydrogen) atoms. The van der Waals surface area contributed by atoms with Gasteiger partial charge in [-0.05, 0) is 29.2 Å². The van der Waals surface area contributed by atoms with Crippen molar-refractivity contribution in [2.45, 2.75) is 33.2 Å². The molecule has 2 N–H and O–H groups in total. The van der Waals surface area contributed by atoms with Crippen molar-refractivity contribution >= 4 is 27.5 Å². The second-order valence-corrected chi connectivity index (χ2v) is 7.71. The molecule has 2 aromatic heterocycles. The first-order valence-electron chi connectivity index (χ1n) is 9.03. The van der Waals surface area contributed by atoms with Crippen LogP contribution in [-0.2, 0) is 31.0 Å². The van der Waals surface area contributed by atoms with E-state index in [1.54, 1.807) is 14.2 Å². The molecule has 146 valence electrons. The maximum absolute atomic E-state index is 12.8. The van der Waals surface area contributed by atoms with Gasteiger partial charge in [0.25, 0.3) is 5.91 Å². The van der Waals surface area contributed by atoms with E-state index in [2.05, 4.69) is 38.8 Å². The molecule has 8 heteroatoms. The lowest BCUT2D eigenvalue weighted by molar-refractivity contribution is 0.0954. The van der Waals surface area contributed by atoms with Crippen LogP contribution in [0.4, 0.5) is 0 Å². The van der Waals surface area contributed by atoms with Crippen molar-refractivity contribution in [3.63, 3.8) is 0 Å². The van der Waals surface area contributed by atoms with E-state index in [0.29, 0.717) is 23.1 Å². The highest BCUT2D eigenvalue weighted by atomic mass is 32.1. The summed E-state index contributed by atoms with van der Waals surface area (Å²) in [6.07, 6.45) is 0. The number of amides is 1. The monoisotopic (exact) mass is 398 g/mol. The minimum absolute atomic E-state index is 0.116. The Bertz CT molecular complexity index is 1050. The summed E-state index contributed by atoms with van der Waals surface area (Å²) < 4.78 is 10.5. The van der Waals surface area contributed by atoms with Crippen molar-refractivity contribution in [3.05, 3.63) is 51.2 Å². The predicted molar refractivity (Wildman–Crippen MR) is 108 cm³/mol. The molecule has 7 nitrogen and oxygen atoms in total. The van der Waals surface area contributed by atoms with Crippen LogP contribution in [-0.4, -0.2) is 30.1 Å². The molecule has 3 heterocycles. The second-order valence-electron chi connectivity index (χ2n) is 6.71. The van der Waals surface area contributed by atoms with Gasteiger partial charge in [0.05, 0.1) is 17.4 Å². The third-order valence-electron chi connectivity index (χ3n) is 4.83. The first-order valence-corrected chi connectivity index (χ1v) is 9.85. The van der Waals surface area contributed by atoms with E-state index in [1.807, 2.05) is 6.92 Å².